The largest absolute Gasteiger partial charge is 0.452 e. The van der Waals surface area contributed by atoms with E-state index in [9.17, 15) is 14.4 Å². The van der Waals surface area contributed by atoms with E-state index in [0.29, 0.717) is 11.3 Å². The number of nitrogens with zero attached hydrogens (tertiary/aromatic N) is 3. The van der Waals surface area contributed by atoms with Gasteiger partial charge in [-0.05, 0) is 50.2 Å². The highest BCUT2D eigenvalue weighted by atomic mass is 16.5. The lowest BCUT2D eigenvalue weighted by atomic mass is 10.2. The van der Waals surface area contributed by atoms with Crippen molar-refractivity contribution in [1.82, 2.24) is 4.90 Å². The smallest absolute Gasteiger partial charge is 0.338 e. The van der Waals surface area contributed by atoms with Gasteiger partial charge < -0.3 is 15.0 Å². The van der Waals surface area contributed by atoms with Crippen molar-refractivity contribution >= 4 is 34.9 Å². The van der Waals surface area contributed by atoms with Gasteiger partial charge in [-0.25, -0.2) is 4.79 Å². The molecule has 2 amide bonds. The lowest BCUT2D eigenvalue weighted by Gasteiger charge is -2.17. The second kappa shape index (κ2) is 9.88. The molecular formula is C23H26N4O4. The number of aryl methyl sites for hydroxylation is 1. The van der Waals surface area contributed by atoms with Gasteiger partial charge in [0.2, 0.25) is 5.91 Å². The normalized spacial score (nSPS) is 12.9. The Hall–Kier alpha value is -3.68. The number of amides is 2. The third-order valence-electron chi connectivity index (χ3n) is 4.85. The average Bonchev–Trinajstić information content (AvgIpc) is 3.19. The number of carbonyl (C=O) groups is 3. The lowest BCUT2D eigenvalue weighted by molar-refractivity contribution is -0.136. The van der Waals surface area contributed by atoms with Crippen LogP contribution in [0.1, 0.15) is 29.3 Å². The first kappa shape index (κ1) is 22.0. The molecule has 0 bridgehead atoms. The van der Waals surface area contributed by atoms with Crippen LogP contribution >= 0.6 is 0 Å². The van der Waals surface area contributed by atoms with Crippen molar-refractivity contribution in [2.45, 2.75) is 20.3 Å². The first-order valence-electron chi connectivity index (χ1n) is 10.0. The molecule has 1 heterocycles. The molecule has 0 atom stereocenters. The summed E-state index contributed by atoms with van der Waals surface area (Å²) in [6.07, 6.45) is 0.919. The minimum Gasteiger partial charge on any atom is -0.452 e. The predicted molar refractivity (Wildman–Crippen MR) is 119 cm³/mol. The number of esters is 1. The predicted octanol–water partition coefficient (Wildman–Crippen LogP) is 2.83. The molecule has 1 N–H and O–H groups in total. The Bertz CT molecular complexity index is 984. The van der Waals surface area contributed by atoms with Gasteiger partial charge in [0, 0.05) is 31.4 Å². The first-order valence-corrected chi connectivity index (χ1v) is 10.0. The SMILES string of the molecule is CC1=NN(c2ccc(C(=O)OCC(=O)N(C)CC(=O)Nc3ccc(C)cc3)cc2)CC1. The standard InChI is InChI=1S/C23H26N4O4/c1-16-4-8-19(9-5-16)24-21(28)14-26(3)22(29)15-31-23(30)18-6-10-20(11-7-18)27-13-12-17(2)25-27/h4-11H,12-15H2,1-3H3,(H,24,28). The Morgan fingerprint density at radius 1 is 1.06 bits per heavy atom. The first-order chi connectivity index (χ1) is 14.8. The molecule has 0 unspecified atom stereocenters. The molecule has 0 saturated carbocycles. The van der Waals surface area contributed by atoms with Gasteiger partial charge in [0.05, 0.1) is 17.8 Å². The van der Waals surface area contributed by atoms with Gasteiger partial charge in [0.1, 0.15) is 0 Å². The van der Waals surface area contributed by atoms with Crippen LogP contribution in [-0.4, -0.2) is 55.1 Å². The number of ether oxygens (including phenoxy) is 1. The third-order valence-corrected chi connectivity index (χ3v) is 4.85. The van der Waals surface area contributed by atoms with E-state index in [0.717, 1.165) is 29.9 Å². The van der Waals surface area contributed by atoms with Crippen LogP contribution in [0.5, 0.6) is 0 Å². The van der Waals surface area contributed by atoms with Crippen LogP contribution in [0.15, 0.2) is 53.6 Å². The minimum atomic E-state index is -0.599. The Labute approximate surface area is 181 Å². The molecule has 0 aromatic heterocycles. The summed E-state index contributed by atoms with van der Waals surface area (Å²) in [5.41, 5.74) is 4.04. The summed E-state index contributed by atoms with van der Waals surface area (Å²) in [5, 5.41) is 9.02. The molecule has 8 nitrogen and oxygen atoms in total. The number of likely N-dealkylation sites (N-methyl/N-ethyl adjacent to an activating group) is 1. The third kappa shape index (κ3) is 6.15. The fourth-order valence-electron chi connectivity index (χ4n) is 2.99. The molecule has 2 aromatic carbocycles. The number of hydrazone groups is 1. The van der Waals surface area contributed by atoms with Gasteiger partial charge in [-0.3, -0.25) is 14.6 Å². The van der Waals surface area contributed by atoms with Gasteiger partial charge >= 0.3 is 5.97 Å². The van der Waals surface area contributed by atoms with Crippen molar-refractivity contribution in [3.63, 3.8) is 0 Å². The van der Waals surface area contributed by atoms with Crippen molar-refractivity contribution in [3.05, 3.63) is 59.7 Å². The maximum absolute atomic E-state index is 12.2. The zero-order valence-electron chi connectivity index (χ0n) is 17.9. The van der Waals surface area contributed by atoms with Crippen molar-refractivity contribution in [2.24, 2.45) is 5.10 Å². The topological polar surface area (TPSA) is 91.3 Å². The van der Waals surface area contributed by atoms with Crippen LogP contribution in [0.3, 0.4) is 0 Å². The molecule has 0 radical (unpaired) electrons. The number of anilines is 2. The molecule has 162 valence electrons. The average molecular weight is 422 g/mol. The Morgan fingerprint density at radius 2 is 1.74 bits per heavy atom. The fourth-order valence-corrected chi connectivity index (χ4v) is 2.99. The van der Waals surface area contributed by atoms with Crippen LogP contribution in [0.25, 0.3) is 0 Å². The van der Waals surface area contributed by atoms with E-state index in [1.54, 1.807) is 36.4 Å². The molecule has 0 aliphatic carbocycles. The molecule has 8 heteroatoms. The number of rotatable bonds is 7. The van der Waals surface area contributed by atoms with Crippen molar-refractivity contribution in [3.8, 4) is 0 Å². The number of benzene rings is 2. The summed E-state index contributed by atoms with van der Waals surface area (Å²) in [6.45, 7) is 4.16. The molecule has 0 spiro atoms. The highest BCUT2D eigenvalue weighted by molar-refractivity contribution is 5.95. The maximum Gasteiger partial charge on any atom is 0.338 e. The molecule has 0 fully saturated rings. The number of hydrogen-bond donors (Lipinski definition) is 1. The van der Waals surface area contributed by atoms with Gasteiger partial charge in [-0.15, -0.1) is 0 Å². The summed E-state index contributed by atoms with van der Waals surface area (Å²) in [5.74, 6) is -1.40. The molecule has 0 saturated heterocycles. The van der Waals surface area contributed by atoms with Crippen LogP contribution in [0.2, 0.25) is 0 Å². The van der Waals surface area contributed by atoms with Crippen molar-refractivity contribution < 1.29 is 19.1 Å². The number of nitrogens with one attached hydrogen (secondary N) is 1. The van der Waals surface area contributed by atoms with E-state index < -0.39 is 18.5 Å². The zero-order chi connectivity index (χ0) is 22.4. The van der Waals surface area contributed by atoms with Gasteiger partial charge in [0.25, 0.3) is 5.91 Å². The maximum atomic E-state index is 12.2. The van der Waals surface area contributed by atoms with Gasteiger partial charge in [-0.1, -0.05) is 17.7 Å². The fraction of sp³-hybridized carbons (Fsp3) is 0.304. The van der Waals surface area contributed by atoms with Crippen molar-refractivity contribution in [2.75, 3.05) is 37.1 Å². The van der Waals surface area contributed by atoms with E-state index in [2.05, 4.69) is 10.4 Å². The van der Waals surface area contributed by atoms with Gasteiger partial charge in [0.15, 0.2) is 6.61 Å². The highest BCUT2D eigenvalue weighted by Gasteiger charge is 2.17. The van der Waals surface area contributed by atoms with Crippen LogP contribution in [-0.2, 0) is 14.3 Å². The summed E-state index contributed by atoms with van der Waals surface area (Å²) >= 11 is 0. The van der Waals surface area contributed by atoms with E-state index in [4.69, 9.17) is 4.74 Å². The zero-order valence-corrected chi connectivity index (χ0v) is 17.9. The van der Waals surface area contributed by atoms with Crippen molar-refractivity contribution in [1.29, 1.82) is 0 Å². The van der Waals surface area contributed by atoms with E-state index in [-0.39, 0.29) is 12.5 Å². The summed E-state index contributed by atoms with van der Waals surface area (Å²) in [4.78, 5) is 37.8. The Kier molecular flexibility index (Phi) is 7.02. The Balaban J connectivity index is 1.45. The van der Waals surface area contributed by atoms with Gasteiger partial charge in [-0.2, -0.15) is 5.10 Å². The van der Waals surface area contributed by atoms with Crippen LogP contribution < -0.4 is 10.3 Å². The molecule has 2 aromatic rings. The van der Waals surface area contributed by atoms with Crippen LogP contribution in [0, 0.1) is 6.92 Å². The lowest BCUT2D eigenvalue weighted by Crippen LogP contribution is -2.37. The van der Waals surface area contributed by atoms with Crippen LogP contribution in [0.4, 0.5) is 11.4 Å². The second-order valence-corrected chi connectivity index (χ2v) is 7.50. The minimum absolute atomic E-state index is 0.144. The van der Waals surface area contributed by atoms with E-state index in [1.165, 1.54) is 11.9 Å². The monoisotopic (exact) mass is 422 g/mol. The molecule has 1 aliphatic rings. The summed E-state index contributed by atoms with van der Waals surface area (Å²) < 4.78 is 5.10. The van der Waals surface area contributed by atoms with E-state index in [1.807, 2.05) is 31.0 Å². The molecule has 1 aliphatic heterocycles. The second-order valence-electron chi connectivity index (χ2n) is 7.50. The molecule has 31 heavy (non-hydrogen) atoms. The quantitative estimate of drug-likeness (QED) is 0.693. The Morgan fingerprint density at radius 3 is 2.35 bits per heavy atom. The number of hydrogen-bond acceptors (Lipinski definition) is 6. The molecule has 3 rings (SSSR count). The summed E-state index contributed by atoms with van der Waals surface area (Å²) in [7, 11) is 1.48. The number of carbonyl (C=O) groups excluding carboxylic acids is 3. The molecular weight excluding hydrogens is 396 g/mol. The highest BCUT2D eigenvalue weighted by Crippen LogP contribution is 2.20. The van der Waals surface area contributed by atoms with E-state index >= 15 is 0 Å². The summed E-state index contributed by atoms with van der Waals surface area (Å²) in [6, 6.07) is 14.2.